The van der Waals surface area contributed by atoms with Gasteiger partial charge in [0.05, 0.1) is 24.1 Å². The highest BCUT2D eigenvalue weighted by atomic mass is 32.2. The molecule has 0 aromatic carbocycles. The van der Waals surface area contributed by atoms with E-state index in [1.165, 1.54) is 7.11 Å². The zero-order valence-electron chi connectivity index (χ0n) is 11.2. The van der Waals surface area contributed by atoms with Gasteiger partial charge in [-0.25, -0.2) is 0 Å². The topological polar surface area (TPSA) is 78.9 Å². The number of thioether (sulfide) groups is 1. The Hall–Kier alpha value is -0.790. The Kier molecular flexibility index (Phi) is 4.37. The molecule has 2 fully saturated rings. The number of hydrogen-bond donors (Lipinski definition) is 2. The van der Waals surface area contributed by atoms with Crippen molar-refractivity contribution in [3.8, 4) is 0 Å². The minimum absolute atomic E-state index is 0.0416. The number of methoxy groups -OCH3 is 1. The molecule has 2 heterocycles. The van der Waals surface area contributed by atoms with Gasteiger partial charge in [0, 0.05) is 19.3 Å². The van der Waals surface area contributed by atoms with Crippen molar-refractivity contribution in [1.82, 2.24) is 10.2 Å². The van der Waals surface area contributed by atoms with Crippen LogP contribution in [0, 0.1) is 0 Å². The number of carbonyl (C=O) groups is 2. The van der Waals surface area contributed by atoms with E-state index in [0.717, 1.165) is 6.42 Å². The van der Waals surface area contributed by atoms with Crippen LogP contribution in [0.1, 0.15) is 19.8 Å². The van der Waals surface area contributed by atoms with E-state index in [2.05, 4.69) is 5.32 Å². The van der Waals surface area contributed by atoms with Crippen molar-refractivity contribution in [3.63, 3.8) is 0 Å². The van der Waals surface area contributed by atoms with Gasteiger partial charge in [-0.3, -0.25) is 9.59 Å². The predicted molar refractivity (Wildman–Crippen MR) is 71.6 cm³/mol. The molecule has 0 aliphatic carbocycles. The minimum atomic E-state index is -0.434. The molecule has 2 aliphatic heterocycles. The van der Waals surface area contributed by atoms with Crippen molar-refractivity contribution in [2.45, 2.75) is 36.7 Å². The second kappa shape index (κ2) is 5.68. The van der Waals surface area contributed by atoms with Gasteiger partial charge in [-0.15, -0.1) is 11.8 Å². The number of carbonyl (C=O) groups excluding carboxylic acids is 2. The van der Waals surface area contributed by atoms with Crippen LogP contribution in [-0.4, -0.2) is 64.9 Å². The summed E-state index contributed by atoms with van der Waals surface area (Å²) in [5, 5.41) is 11.9. The Morgan fingerprint density at radius 3 is 3.11 bits per heavy atom. The molecular weight excluding hydrogens is 268 g/mol. The molecule has 0 radical (unpaired) electrons. The van der Waals surface area contributed by atoms with E-state index in [-0.39, 0.29) is 29.9 Å². The molecule has 2 aliphatic rings. The fourth-order valence-corrected chi connectivity index (χ4v) is 4.09. The van der Waals surface area contributed by atoms with Crippen molar-refractivity contribution >= 4 is 23.6 Å². The highest BCUT2D eigenvalue weighted by Gasteiger charge is 2.52. The summed E-state index contributed by atoms with van der Waals surface area (Å²) >= 11 is 1.65. The van der Waals surface area contributed by atoms with Crippen LogP contribution in [0.4, 0.5) is 0 Å². The van der Waals surface area contributed by atoms with Crippen LogP contribution >= 0.6 is 11.8 Å². The SMILES string of the molecule is COCC(CO)NC(=O)C1CSC2(C)CCC(=O)N12. The summed E-state index contributed by atoms with van der Waals surface area (Å²) in [7, 11) is 1.52. The minimum Gasteiger partial charge on any atom is -0.394 e. The third-order valence-corrected chi connectivity index (χ3v) is 5.19. The van der Waals surface area contributed by atoms with E-state index in [1.807, 2.05) is 6.92 Å². The van der Waals surface area contributed by atoms with Crippen molar-refractivity contribution in [2.75, 3.05) is 26.1 Å². The zero-order chi connectivity index (χ0) is 14.0. The monoisotopic (exact) mass is 288 g/mol. The van der Waals surface area contributed by atoms with Crippen LogP contribution < -0.4 is 5.32 Å². The van der Waals surface area contributed by atoms with Crippen LogP contribution in [-0.2, 0) is 14.3 Å². The molecule has 3 unspecified atom stereocenters. The van der Waals surface area contributed by atoms with E-state index in [4.69, 9.17) is 9.84 Å². The Labute approximate surface area is 116 Å². The van der Waals surface area contributed by atoms with Crippen molar-refractivity contribution in [2.24, 2.45) is 0 Å². The zero-order valence-corrected chi connectivity index (χ0v) is 12.0. The molecule has 2 saturated heterocycles. The van der Waals surface area contributed by atoms with E-state index in [9.17, 15) is 9.59 Å². The van der Waals surface area contributed by atoms with Gasteiger partial charge in [0.25, 0.3) is 0 Å². The molecule has 0 aromatic rings. The van der Waals surface area contributed by atoms with Gasteiger partial charge >= 0.3 is 0 Å². The van der Waals surface area contributed by atoms with Gasteiger partial charge in [0.1, 0.15) is 6.04 Å². The van der Waals surface area contributed by atoms with E-state index >= 15 is 0 Å². The lowest BCUT2D eigenvalue weighted by Crippen LogP contribution is -2.53. The molecule has 6 nitrogen and oxygen atoms in total. The van der Waals surface area contributed by atoms with Crippen LogP contribution in [0.15, 0.2) is 0 Å². The Morgan fingerprint density at radius 1 is 1.74 bits per heavy atom. The quantitative estimate of drug-likeness (QED) is 0.717. The van der Waals surface area contributed by atoms with Gasteiger partial charge < -0.3 is 20.1 Å². The molecule has 3 atom stereocenters. The molecule has 0 bridgehead atoms. The van der Waals surface area contributed by atoms with Crippen LogP contribution in [0.3, 0.4) is 0 Å². The normalized spacial score (nSPS) is 31.4. The number of nitrogens with one attached hydrogen (secondary N) is 1. The van der Waals surface area contributed by atoms with Gasteiger partial charge in [0.2, 0.25) is 11.8 Å². The summed E-state index contributed by atoms with van der Waals surface area (Å²) in [5.74, 6) is 0.446. The molecular formula is C12H20N2O4S. The summed E-state index contributed by atoms with van der Waals surface area (Å²) in [6, 6.07) is -0.858. The number of hydrogen-bond acceptors (Lipinski definition) is 5. The predicted octanol–water partition coefficient (Wildman–Crippen LogP) is -0.436. The second-order valence-electron chi connectivity index (χ2n) is 5.11. The van der Waals surface area contributed by atoms with Crippen LogP contribution in [0.5, 0.6) is 0 Å². The molecule has 0 aromatic heterocycles. The largest absolute Gasteiger partial charge is 0.394 e. The summed E-state index contributed by atoms with van der Waals surface area (Å²) in [4.78, 5) is 25.6. The first kappa shape index (κ1) is 14.6. The maximum atomic E-state index is 12.2. The number of amides is 2. The number of fused-ring (bicyclic) bond motifs is 1. The summed E-state index contributed by atoms with van der Waals surface area (Å²) in [5.41, 5.74) is 0. The van der Waals surface area contributed by atoms with Crippen molar-refractivity contribution in [3.05, 3.63) is 0 Å². The highest BCUT2D eigenvalue weighted by molar-refractivity contribution is 8.01. The summed E-state index contributed by atoms with van der Waals surface area (Å²) < 4.78 is 4.93. The van der Waals surface area contributed by atoms with Crippen LogP contribution in [0.2, 0.25) is 0 Å². The van der Waals surface area contributed by atoms with Gasteiger partial charge in [-0.05, 0) is 13.3 Å². The van der Waals surface area contributed by atoms with E-state index in [1.54, 1.807) is 16.7 Å². The standard InChI is InChI=1S/C12H20N2O4S/c1-12-4-3-10(16)14(12)9(7-19-12)11(17)13-8(5-15)6-18-2/h8-9,15H,3-7H2,1-2H3,(H,13,17). The summed E-state index contributed by atoms with van der Waals surface area (Å²) in [6.07, 6.45) is 1.30. The molecule has 108 valence electrons. The molecule has 19 heavy (non-hydrogen) atoms. The lowest BCUT2D eigenvalue weighted by molar-refractivity contribution is -0.138. The van der Waals surface area contributed by atoms with Crippen molar-refractivity contribution < 1.29 is 19.4 Å². The van der Waals surface area contributed by atoms with Gasteiger partial charge in [-0.1, -0.05) is 0 Å². The van der Waals surface area contributed by atoms with Crippen molar-refractivity contribution in [1.29, 1.82) is 0 Å². The van der Waals surface area contributed by atoms with Gasteiger partial charge in [-0.2, -0.15) is 0 Å². The average Bonchev–Trinajstić information content (AvgIpc) is 2.86. The molecule has 7 heteroatoms. The molecule has 2 rings (SSSR count). The number of aliphatic hydroxyl groups is 1. The molecule has 0 spiro atoms. The first-order valence-corrected chi connectivity index (χ1v) is 7.36. The lowest BCUT2D eigenvalue weighted by Gasteiger charge is -2.30. The molecule has 0 saturated carbocycles. The smallest absolute Gasteiger partial charge is 0.244 e. The third kappa shape index (κ3) is 2.73. The number of nitrogens with zero attached hydrogens (tertiary/aromatic N) is 1. The number of aliphatic hydroxyl groups excluding tert-OH is 1. The van der Waals surface area contributed by atoms with Crippen LogP contribution in [0.25, 0.3) is 0 Å². The third-order valence-electron chi connectivity index (χ3n) is 3.68. The maximum Gasteiger partial charge on any atom is 0.244 e. The lowest BCUT2D eigenvalue weighted by atomic mass is 10.2. The maximum absolute atomic E-state index is 12.2. The Balaban J connectivity index is 2.02. The number of rotatable bonds is 5. The van der Waals surface area contributed by atoms with Gasteiger partial charge in [0.15, 0.2) is 0 Å². The summed E-state index contributed by atoms with van der Waals surface area (Å²) in [6.45, 7) is 2.09. The fourth-order valence-electron chi connectivity index (χ4n) is 2.65. The number of ether oxygens (including phenoxy) is 1. The average molecular weight is 288 g/mol. The Morgan fingerprint density at radius 2 is 2.47 bits per heavy atom. The second-order valence-corrected chi connectivity index (χ2v) is 6.61. The van der Waals surface area contributed by atoms with E-state index in [0.29, 0.717) is 12.2 Å². The fraction of sp³-hybridized carbons (Fsp3) is 0.833. The molecule has 2 amide bonds. The van der Waals surface area contributed by atoms with E-state index < -0.39 is 12.1 Å². The first-order valence-electron chi connectivity index (χ1n) is 6.38. The first-order chi connectivity index (χ1) is 9.01. The highest BCUT2D eigenvalue weighted by Crippen LogP contribution is 2.47. The Bertz CT molecular complexity index is 379. The molecule has 2 N–H and O–H groups in total.